The quantitative estimate of drug-likeness (QED) is 0.406. The van der Waals surface area contributed by atoms with E-state index in [0.717, 1.165) is 29.1 Å². The van der Waals surface area contributed by atoms with Crippen LogP contribution in [0.5, 0.6) is 0 Å². The minimum atomic E-state index is -4.41. The molecule has 3 aromatic heterocycles. The van der Waals surface area contributed by atoms with Gasteiger partial charge >= 0.3 is 6.18 Å². The molecule has 3 heterocycles. The molecule has 5 rings (SSSR count). The Hall–Kier alpha value is -3.53. The number of rotatable bonds is 3. The third kappa shape index (κ3) is 3.05. The van der Waals surface area contributed by atoms with Crippen LogP contribution >= 0.6 is 11.3 Å². The molecule has 0 saturated carbocycles. The van der Waals surface area contributed by atoms with E-state index in [1.807, 2.05) is 37.3 Å². The summed E-state index contributed by atoms with van der Waals surface area (Å²) in [5.41, 5.74) is 2.16. The van der Waals surface area contributed by atoms with Crippen molar-refractivity contribution in [3.05, 3.63) is 72.1 Å². The van der Waals surface area contributed by atoms with Gasteiger partial charge in [-0.05, 0) is 31.2 Å². The second-order valence-corrected chi connectivity index (χ2v) is 7.55. The van der Waals surface area contributed by atoms with Gasteiger partial charge in [-0.1, -0.05) is 41.7 Å². The number of hydrogen-bond acceptors (Lipinski definition) is 5. The van der Waals surface area contributed by atoms with E-state index in [1.165, 1.54) is 17.4 Å². The van der Waals surface area contributed by atoms with Crippen LogP contribution in [0, 0.1) is 6.92 Å². The van der Waals surface area contributed by atoms with Crippen LogP contribution < -0.4 is 0 Å². The molecule has 0 atom stereocenters. The van der Waals surface area contributed by atoms with Gasteiger partial charge in [0.05, 0.1) is 28.7 Å². The highest BCUT2D eigenvalue weighted by Gasteiger charge is 2.30. The van der Waals surface area contributed by atoms with Gasteiger partial charge in [-0.15, -0.1) is 10.2 Å². The molecule has 10 heteroatoms. The van der Waals surface area contributed by atoms with Crippen LogP contribution in [0.15, 0.2) is 60.8 Å². The van der Waals surface area contributed by atoms with Crippen molar-refractivity contribution in [1.82, 2.24) is 29.6 Å². The van der Waals surface area contributed by atoms with Gasteiger partial charge in [0.1, 0.15) is 5.01 Å². The summed E-state index contributed by atoms with van der Waals surface area (Å²) in [5.74, 6) is 0.485. The van der Waals surface area contributed by atoms with Gasteiger partial charge in [0.25, 0.3) is 0 Å². The zero-order valence-corrected chi connectivity index (χ0v) is 16.3. The number of hydrogen-bond donors (Lipinski definition) is 0. The van der Waals surface area contributed by atoms with Crippen molar-refractivity contribution in [2.24, 2.45) is 0 Å². The highest BCUT2D eigenvalue weighted by Crippen LogP contribution is 2.34. The summed E-state index contributed by atoms with van der Waals surface area (Å²) < 4.78 is 42.5. The van der Waals surface area contributed by atoms with Crippen LogP contribution in [0.3, 0.4) is 0 Å². The number of para-hydroxylation sites is 1. The van der Waals surface area contributed by atoms with E-state index in [0.29, 0.717) is 21.4 Å². The Morgan fingerprint density at radius 2 is 1.77 bits per heavy atom. The van der Waals surface area contributed by atoms with E-state index < -0.39 is 11.7 Å². The third-order valence-electron chi connectivity index (χ3n) is 4.68. The van der Waals surface area contributed by atoms with E-state index in [-0.39, 0.29) is 0 Å². The number of fused-ring (bicyclic) bond motifs is 1. The standard InChI is InChI=1S/C20H13F3N6S/c1-12-16(11-24-28(12)15-8-3-2-4-9-15)17-25-26-19-29(17)27-18(30-19)13-6-5-7-14(10-13)20(21,22)23/h2-11H,1H3. The van der Waals surface area contributed by atoms with Crippen LogP contribution in [0.2, 0.25) is 0 Å². The molecule has 0 saturated heterocycles. The molecular weight excluding hydrogens is 413 g/mol. The van der Waals surface area contributed by atoms with Gasteiger partial charge in [-0.3, -0.25) is 0 Å². The summed E-state index contributed by atoms with van der Waals surface area (Å²) in [4.78, 5) is 0.490. The fourth-order valence-electron chi connectivity index (χ4n) is 3.19. The van der Waals surface area contributed by atoms with Crippen molar-refractivity contribution in [2.45, 2.75) is 13.1 Å². The third-order valence-corrected chi connectivity index (χ3v) is 5.63. The predicted octanol–water partition coefficient (Wildman–Crippen LogP) is 5.03. The Kier molecular flexibility index (Phi) is 4.17. The molecule has 0 unspecified atom stereocenters. The predicted molar refractivity (Wildman–Crippen MR) is 106 cm³/mol. The summed E-state index contributed by atoms with van der Waals surface area (Å²) in [6.07, 6.45) is -2.73. The molecule has 0 aliphatic rings. The van der Waals surface area contributed by atoms with Crippen LogP contribution in [0.25, 0.3) is 32.6 Å². The van der Waals surface area contributed by atoms with Crippen molar-refractivity contribution >= 4 is 16.3 Å². The average Bonchev–Trinajstić information content (AvgIpc) is 3.42. The van der Waals surface area contributed by atoms with Gasteiger partial charge in [0.15, 0.2) is 5.82 Å². The van der Waals surface area contributed by atoms with Crippen molar-refractivity contribution < 1.29 is 13.2 Å². The summed E-state index contributed by atoms with van der Waals surface area (Å²) in [6, 6.07) is 14.8. The number of benzene rings is 2. The fourth-order valence-corrected chi connectivity index (χ4v) is 4.02. The molecule has 0 aliphatic heterocycles. The van der Waals surface area contributed by atoms with Crippen molar-refractivity contribution in [3.8, 4) is 27.6 Å². The topological polar surface area (TPSA) is 60.9 Å². The van der Waals surface area contributed by atoms with Gasteiger partial charge in [0.2, 0.25) is 4.96 Å². The average molecular weight is 426 g/mol. The molecule has 30 heavy (non-hydrogen) atoms. The molecule has 0 bridgehead atoms. The zero-order valence-electron chi connectivity index (χ0n) is 15.5. The minimum Gasteiger partial charge on any atom is -0.237 e. The second-order valence-electron chi connectivity index (χ2n) is 6.59. The first kappa shape index (κ1) is 18.5. The van der Waals surface area contributed by atoms with E-state index in [4.69, 9.17) is 0 Å². The van der Waals surface area contributed by atoms with Crippen LogP contribution in [-0.2, 0) is 6.18 Å². The van der Waals surface area contributed by atoms with E-state index >= 15 is 0 Å². The Morgan fingerprint density at radius 3 is 2.53 bits per heavy atom. The largest absolute Gasteiger partial charge is 0.416 e. The first-order valence-electron chi connectivity index (χ1n) is 8.92. The molecule has 150 valence electrons. The number of halogens is 3. The van der Waals surface area contributed by atoms with Gasteiger partial charge in [-0.25, -0.2) is 4.68 Å². The monoisotopic (exact) mass is 426 g/mol. The van der Waals surface area contributed by atoms with Crippen LogP contribution in [0.1, 0.15) is 11.3 Å². The van der Waals surface area contributed by atoms with Crippen LogP contribution in [-0.4, -0.2) is 29.6 Å². The van der Waals surface area contributed by atoms with Crippen LogP contribution in [0.4, 0.5) is 13.2 Å². The van der Waals surface area contributed by atoms with E-state index in [2.05, 4.69) is 20.4 Å². The van der Waals surface area contributed by atoms with Gasteiger partial charge in [-0.2, -0.15) is 27.9 Å². The highest BCUT2D eigenvalue weighted by molar-refractivity contribution is 7.19. The summed E-state index contributed by atoms with van der Waals surface area (Å²) in [7, 11) is 0. The molecular formula is C20H13F3N6S. The first-order valence-corrected chi connectivity index (χ1v) is 9.74. The SMILES string of the molecule is Cc1c(-c2nnc3sc(-c4cccc(C(F)(F)F)c4)nn23)cnn1-c1ccccc1. The normalized spacial score (nSPS) is 12.0. The molecule has 5 aromatic rings. The lowest BCUT2D eigenvalue weighted by Crippen LogP contribution is -2.04. The van der Waals surface area contributed by atoms with E-state index in [1.54, 1.807) is 21.5 Å². The molecule has 2 aromatic carbocycles. The number of alkyl halides is 3. The summed E-state index contributed by atoms with van der Waals surface area (Å²) in [6.45, 7) is 1.91. The van der Waals surface area contributed by atoms with Gasteiger partial charge < -0.3 is 0 Å². The van der Waals surface area contributed by atoms with Crippen molar-refractivity contribution in [3.63, 3.8) is 0 Å². The zero-order chi connectivity index (χ0) is 20.9. The molecule has 0 amide bonds. The maximum atomic E-state index is 13.0. The Morgan fingerprint density at radius 1 is 0.967 bits per heavy atom. The van der Waals surface area contributed by atoms with Gasteiger partial charge in [0, 0.05) is 5.56 Å². The molecule has 0 N–H and O–H groups in total. The van der Waals surface area contributed by atoms with Crippen molar-refractivity contribution in [1.29, 1.82) is 0 Å². The highest BCUT2D eigenvalue weighted by atomic mass is 32.1. The summed E-state index contributed by atoms with van der Waals surface area (Å²) >= 11 is 1.18. The maximum Gasteiger partial charge on any atom is 0.416 e. The summed E-state index contributed by atoms with van der Waals surface area (Å²) in [5, 5.41) is 17.7. The van der Waals surface area contributed by atoms with E-state index in [9.17, 15) is 13.2 Å². The lowest BCUT2D eigenvalue weighted by molar-refractivity contribution is -0.137. The second kappa shape index (κ2) is 6.77. The number of aromatic nitrogens is 6. The Bertz CT molecular complexity index is 1350. The Balaban J connectivity index is 1.58. The smallest absolute Gasteiger partial charge is 0.237 e. The molecule has 0 fully saturated rings. The van der Waals surface area contributed by atoms with Crippen molar-refractivity contribution in [2.75, 3.05) is 0 Å². The molecule has 0 spiro atoms. The fraction of sp³-hybridized carbons (Fsp3) is 0.100. The maximum absolute atomic E-state index is 13.0. The molecule has 0 aliphatic carbocycles. The lowest BCUT2D eigenvalue weighted by Gasteiger charge is -2.07. The lowest BCUT2D eigenvalue weighted by atomic mass is 10.1. The number of nitrogens with zero attached hydrogens (tertiary/aromatic N) is 6. The molecule has 0 radical (unpaired) electrons. The Labute approximate surface area is 172 Å². The first-order chi connectivity index (χ1) is 14.4. The molecule has 6 nitrogen and oxygen atoms in total. The minimum absolute atomic E-state index is 0.378.